The van der Waals surface area contributed by atoms with Crippen LogP contribution in [-0.4, -0.2) is 41.9 Å². The number of allylic oxidation sites excluding steroid dienone is 1. The van der Waals surface area contributed by atoms with Gasteiger partial charge in [0.15, 0.2) is 11.5 Å². The lowest BCUT2D eigenvalue weighted by atomic mass is 9.97. The van der Waals surface area contributed by atoms with E-state index in [0.717, 1.165) is 43.6 Å². The second-order valence-corrected chi connectivity index (χ2v) is 5.70. The molecular weight excluding hydrogens is 266 g/mol. The van der Waals surface area contributed by atoms with Gasteiger partial charge < -0.3 is 14.9 Å². The summed E-state index contributed by atoms with van der Waals surface area (Å²) in [6.07, 6.45) is 4.50. The van der Waals surface area contributed by atoms with Crippen molar-refractivity contribution in [2.24, 2.45) is 5.92 Å². The Morgan fingerprint density at radius 3 is 2.67 bits per heavy atom. The predicted octanol–water partition coefficient (Wildman–Crippen LogP) is 2.33. The van der Waals surface area contributed by atoms with E-state index in [0.29, 0.717) is 24.7 Å². The zero-order chi connectivity index (χ0) is 15.2. The van der Waals surface area contributed by atoms with Gasteiger partial charge in [-0.3, -0.25) is 4.90 Å². The Labute approximate surface area is 126 Å². The first-order chi connectivity index (χ1) is 10.2. The molecule has 1 aliphatic rings. The number of hydrogen-bond acceptors (Lipinski definition) is 4. The Hall–Kier alpha value is -1.52. The van der Waals surface area contributed by atoms with Gasteiger partial charge in [0, 0.05) is 18.7 Å². The van der Waals surface area contributed by atoms with Gasteiger partial charge in [-0.1, -0.05) is 12.1 Å². The van der Waals surface area contributed by atoms with Crippen LogP contribution in [0.2, 0.25) is 0 Å². The van der Waals surface area contributed by atoms with Crippen LogP contribution in [0.15, 0.2) is 24.8 Å². The van der Waals surface area contributed by atoms with Gasteiger partial charge in [-0.2, -0.15) is 0 Å². The molecule has 0 atom stereocenters. The van der Waals surface area contributed by atoms with Gasteiger partial charge >= 0.3 is 0 Å². The fraction of sp³-hybridized carbons (Fsp3) is 0.529. The van der Waals surface area contributed by atoms with E-state index in [4.69, 9.17) is 4.74 Å². The molecule has 0 spiro atoms. The number of aromatic hydroxyl groups is 1. The highest BCUT2D eigenvalue weighted by molar-refractivity contribution is 5.49. The normalized spacial score (nSPS) is 16.9. The smallest absolute Gasteiger partial charge is 0.161 e. The van der Waals surface area contributed by atoms with Crippen LogP contribution < -0.4 is 4.74 Å². The Morgan fingerprint density at radius 2 is 2.10 bits per heavy atom. The van der Waals surface area contributed by atoms with Gasteiger partial charge in [0.05, 0.1) is 7.11 Å². The number of piperidine rings is 1. The molecular formula is C17H25NO3. The molecule has 0 bridgehead atoms. The van der Waals surface area contributed by atoms with E-state index >= 15 is 0 Å². The number of phenols is 1. The van der Waals surface area contributed by atoms with Gasteiger partial charge in [0.2, 0.25) is 0 Å². The largest absolute Gasteiger partial charge is 0.504 e. The molecule has 1 fully saturated rings. The lowest BCUT2D eigenvalue weighted by Gasteiger charge is -2.31. The number of benzene rings is 1. The Bertz CT molecular complexity index is 479. The van der Waals surface area contributed by atoms with E-state index in [1.54, 1.807) is 13.2 Å². The molecule has 0 aliphatic carbocycles. The second-order valence-electron chi connectivity index (χ2n) is 5.70. The first-order valence-corrected chi connectivity index (χ1v) is 7.50. The maximum absolute atomic E-state index is 10.1. The summed E-state index contributed by atoms with van der Waals surface area (Å²) in [5.41, 5.74) is 1.99. The Morgan fingerprint density at radius 1 is 1.38 bits per heavy atom. The molecule has 0 radical (unpaired) electrons. The number of ether oxygens (including phenoxy) is 1. The van der Waals surface area contributed by atoms with E-state index in [-0.39, 0.29) is 5.75 Å². The lowest BCUT2D eigenvalue weighted by molar-refractivity contribution is 0.127. The molecule has 0 aromatic heterocycles. The summed E-state index contributed by atoms with van der Waals surface area (Å²) in [6, 6.07) is 3.93. The molecule has 116 valence electrons. The summed E-state index contributed by atoms with van der Waals surface area (Å²) < 4.78 is 5.26. The molecule has 2 N–H and O–H groups in total. The average Bonchev–Trinajstić information content (AvgIpc) is 2.51. The molecule has 2 rings (SSSR count). The highest BCUT2D eigenvalue weighted by Crippen LogP contribution is 2.32. The quantitative estimate of drug-likeness (QED) is 0.790. The maximum Gasteiger partial charge on any atom is 0.161 e. The number of nitrogens with zero attached hydrogens (tertiary/aromatic N) is 1. The zero-order valence-electron chi connectivity index (χ0n) is 12.7. The van der Waals surface area contributed by atoms with Crippen molar-refractivity contribution in [2.75, 3.05) is 26.8 Å². The van der Waals surface area contributed by atoms with E-state index in [1.807, 2.05) is 12.1 Å². The van der Waals surface area contributed by atoms with Gasteiger partial charge in [-0.05, 0) is 49.9 Å². The minimum atomic E-state index is 0.208. The third-order valence-electron chi connectivity index (χ3n) is 4.17. The number of phenolic OH excluding ortho intramolecular Hbond substituents is 1. The van der Waals surface area contributed by atoms with Crippen LogP contribution in [0.1, 0.15) is 24.0 Å². The average molecular weight is 291 g/mol. The second kappa shape index (κ2) is 7.48. The van der Waals surface area contributed by atoms with Crippen molar-refractivity contribution in [1.29, 1.82) is 0 Å². The number of hydrogen-bond donors (Lipinski definition) is 2. The summed E-state index contributed by atoms with van der Waals surface area (Å²) in [5, 5.41) is 19.3. The van der Waals surface area contributed by atoms with Crippen LogP contribution >= 0.6 is 0 Å². The van der Waals surface area contributed by atoms with Crippen LogP contribution in [0.4, 0.5) is 0 Å². The molecule has 4 nitrogen and oxygen atoms in total. The number of methoxy groups -OCH3 is 1. The molecule has 1 saturated heterocycles. The van der Waals surface area contributed by atoms with E-state index in [2.05, 4.69) is 11.5 Å². The van der Waals surface area contributed by atoms with Crippen LogP contribution in [-0.2, 0) is 13.0 Å². The first-order valence-electron chi connectivity index (χ1n) is 7.50. The molecule has 4 heteroatoms. The van der Waals surface area contributed by atoms with Gasteiger partial charge in [-0.15, -0.1) is 6.58 Å². The molecule has 1 aromatic rings. The van der Waals surface area contributed by atoms with Crippen molar-refractivity contribution in [2.45, 2.75) is 25.8 Å². The van der Waals surface area contributed by atoms with E-state index < -0.39 is 0 Å². The van der Waals surface area contributed by atoms with Gasteiger partial charge in [0.1, 0.15) is 0 Å². The van der Waals surface area contributed by atoms with Gasteiger partial charge in [-0.25, -0.2) is 0 Å². The summed E-state index contributed by atoms with van der Waals surface area (Å²) in [6.45, 7) is 6.88. The first kappa shape index (κ1) is 15.9. The summed E-state index contributed by atoms with van der Waals surface area (Å²) >= 11 is 0. The molecule has 0 amide bonds. The van der Waals surface area contributed by atoms with E-state index in [9.17, 15) is 10.2 Å². The highest BCUT2D eigenvalue weighted by atomic mass is 16.5. The molecule has 21 heavy (non-hydrogen) atoms. The van der Waals surface area contributed by atoms with Crippen molar-refractivity contribution in [1.82, 2.24) is 4.90 Å². The summed E-state index contributed by atoms with van der Waals surface area (Å²) in [5.74, 6) is 1.18. The third-order valence-corrected chi connectivity index (χ3v) is 4.17. The van der Waals surface area contributed by atoms with Crippen molar-refractivity contribution < 1.29 is 14.9 Å². The molecule has 0 unspecified atom stereocenters. The monoisotopic (exact) mass is 291 g/mol. The SMILES string of the molecule is C=CCc1cc(CN2CCC(CO)CC2)cc(OC)c1O. The minimum Gasteiger partial charge on any atom is -0.504 e. The highest BCUT2D eigenvalue weighted by Gasteiger charge is 2.19. The number of likely N-dealkylation sites (tertiary alicyclic amines) is 1. The predicted molar refractivity (Wildman–Crippen MR) is 83.6 cm³/mol. The zero-order valence-corrected chi connectivity index (χ0v) is 12.7. The van der Waals surface area contributed by atoms with Crippen molar-refractivity contribution in [3.05, 3.63) is 35.9 Å². The van der Waals surface area contributed by atoms with Crippen LogP contribution in [0, 0.1) is 5.92 Å². The van der Waals surface area contributed by atoms with Crippen LogP contribution in [0.25, 0.3) is 0 Å². The molecule has 1 heterocycles. The summed E-state index contributed by atoms with van der Waals surface area (Å²) in [4.78, 5) is 2.38. The maximum atomic E-state index is 10.1. The van der Waals surface area contributed by atoms with E-state index in [1.165, 1.54) is 0 Å². The standard InChI is InChI=1S/C17H25NO3/c1-3-4-15-9-14(10-16(21-2)17(15)20)11-18-7-5-13(12-19)6-8-18/h3,9-10,13,19-20H,1,4-8,11-12H2,2H3. The number of aliphatic hydroxyl groups excluding tert-OH is 1. The molecule has 1 aromatic carbocycles. The number of aliphatic hydroxyl groups is 1. The van der Waals surface area contributed by atoms with Crippen molar-refractivity contribution in [3.8, 4) is 11.5 Å². The van der Waals surface area contributed by atoms with Crippen molar-refractivity contribution in [3.63, 3.8) is 0 Å². The lowest BCUT2D eigenvalue weighted by Crippen LogP contribution is -2.34. The van der Waals surface area contributed by atoms with Crippen LogP contribution in [0.5, 0.6) is 11.5 Å². The molecule has 0 saturated carbocycles. The van der Waals surface area contributed by atoms with Crippen molar-refractivity contribution >= 4 is 0 Å². The Balaban J connectivity index is 2.09. The fourth-order valence-corrected chi connectivity index (χ4v) is 2.87. The minimum absolute atomic E-state index is 0.208. The van der Waals surface area contributed by atoms with Crippen LogP contribution in [0.3, 0.4) is 0 Å². The summed E-state index contributed by atoms with van der Waals surface area (Å²) in [7, 11) is 1.57. The van der Waals surface area contributed by atoms with Gasteiger partial charge in [0.25, 0.3) is 0 Å². The Kier molecular flexibility index (Phi) is 5.65. The number of rotatable bonds is 6. The third kappa shape index (κ3) is 3.99. The molecule has 1 aliphatic heterocycles. The topological polar surface area (TPSA) is 52.9 Å². The fourth-order valence-electron chi connectivity index (χ4n) is 2.87.